The van der Waals surface area contributed by atoms with Crippen molar-refractivity contribution in [2.24, 2.45) is 4.99 Å². The van der Waals surface area contributed by atoms with Crippen molar-refractivity contribution in [3.8, 4) is 5.75 Å². The predicted octanol–water partition coefficient (Wildman–Crippen LogP) is 3.20. The molecule has 0 fully saturated rings. The Morgan fingerprint density at radius 1 is 1.18 bits per heavy atom. The number of rotatable bonds is 13. The Kier molecular flexibility index (Phi) is 12.3. The molecule has 0 saturated carbocycles. The second kappa shape index (κ2) is 14.2. The lowest BCUT2D eigenvalue weighted by atomic mass is 10.1. The molecular formula is C22H40N4O2. The van der Waals surface area contributed by atoms with Gasteiger partial charge >= 0.3 is 0 Å². The molecule has 0 atom stereocenters. The van der Waals surface area contributed by atoms with Gasteiger partial charge in [0.2, 0.25) is 0 Å². The zero-order valence-electron chi connectivity index (χ0n) is 18.7. The maximum absolute atomic E-state index is 5.91. The van der Waals surface area contributed by atoms with Crippen molar-refractivity contribution in [1.82, 2.24) is 15.5 Å². The summed E-state index contributed by atoms with van der Waals surface area (Å²) in [6.07, 6.45) is 2.29. The molecule has 2 N–H and O–H groups in total. The van der Waals surface area contributed by atoms with Crippen molar-refractivity contribution in [1.29, 1.82) is 0 Å². The summed E-state index contributed by atoms with van der Waals surface area (Å²) < 4.78 is 11.3. The van der Waals surface area contributed by atoms with E-state index in [9.17, 15) is 0 Å². The normalized spacial score (nSPS) is 11.9. The Bertz CT molecular complexity index is 576. The van der Waals surface area contributed by atoms with Gasteiger partial charge in [0.25, 0.3) is 0 Å². The highest BCUT2D eigenvalue weighted by molar-refractivity contribution is 5.79. The molecule has 0 aliphatic rings. The topological polar surface area (TPSA) is 58.1 Å². The minimum Gasteiger partial charge on any atom is -0.491 e. The van der Waals surface area contributed by atoms with Crippen molar-refractivity contribution in [3.63, 3.8) is 0 Å². The van der Waals surface area contributed by atoms with Crippen LogP contribution in [0.5, 0.6) is 5.75 Å². The lowest BCUT2D eigenvalue weighted by molar-refractivity contribution is 0.110. The van der Waals surface area contributed by atoms with E-state index in [2.05, 4.69) is 66.5 Å². The summed E-state index contributed by atoms with van der Waals surface area (Å²) in [4.78, 5) is 6.69. The first-order valence-electron chi connectivity index (χ1n) is 10.4. The zero-order valence-corrected chi connectivity index (χ0v) is 18.7. The van der Waals surface area contributed by atoms with Gasteiger partial charge in [0.05, 0.1) is 6.61 Å². The first kappa shape index (κ1) is 24.2. The van der Waals surface area contributed by atoms with Gasteiger partial charge in [-0.25, -0.2) is 0 Å². The third-order valence-electron chi connectivity index (χ3n) is 4.69. The van der Waals surface area contributed by atoms with E-state index in [1.165, 1.54) is 12.0 Å². The number of nitrogens with zero attached hydrogens (tertiary/aromatic N) is 2. The summed E-state index contributed by atoms with van der Waals surface area (Å²) in [5.41, 5.74) is 2.30. The van der Waals surface area contributed by atoms with Crippen molar-refractivity contribution >= 4 is 5.96 Å². The quantitative estimate of drug-likeness (QED) is 0.307. The second-order valence-corrected chi connectivity index (χ2v) is 7.29. The zero-order chi connectivity index (χ0) is 20.8. The maximum Gasteiger partial charge on any atom is 0.191 e. The molecule has 6 nitrogen and oxygen atoms in total. The summed E-state index contributed by atoms with van der Waals surface area (Å²) in [5.74, 6) is 1.72. The Balaban J connectivity index is 2.41. The average molecular weight is 393 g/mol. The highest BCUT2D eigenvalue weighted by Crippen LogP contribution is 2.20. The van der Waals surface area contributed by atoms with Crippen LogP contribution >= 0.6 is 0 Å². The number of nitrogens with one attached hydrogen (secondary N) is 2. The molecule has 1 aromatic rings. The first-order chi connectivity index (χ1) is 13.5. The van der Waals surface area contributed by atoms with Crippen molar-refractivity contribution in [3.05, 3.63) is 29.3 Å². The first-order valence-corrected chi connectivity index (χ1v) is 10.4. The SMILES string of the molecule is CCOCCOc1cc(C)ccc1CNC(=NC)NCCCCN(C)C(C)C. The fourth-order valence-corrected chi connectivity index (χ4v) is 2.65. The number of ether oxygens (including phenoxy) is 2. The van der Waals surface area contributed by atoms with E-state index >= 15 is 0 Å². The van der Waals surface area contributed by atoms with Crippen LogP contribution in [0.1, 0.15) is 44.7 Å². The van der Waals surface area contributed by atoms with Crippen molar-refractivity contribution in [2.75, 3.05) is 47.0 Å². The molecule has 1 aromatic carbocycles. The molecule has 1 rings (SSSR count). The molecule has 0 aliphatic heterocycles. The Morgan fingerprint density at radius 3 is 2.64 bits per heavy atom. The summed E-state index contributed by atoms with van der Waals surface area (Å²) in [5, 5.41) is 6.78. The molecule has 0 spiro atoms. The van der Waals surface area contributed by atoms with Gasteiger partial charge < -0.3 is 25.0 Å². The smallest absolute Gasteiger partial charge is 0.191 e. The summed E-state index contributed by atoms with van der Waals surface area (Å²) in [7, 11) is 3.98. The molecule has 28 heavy (non-hydrogen) atoms. The van der Waals surface area contributed by atoms with E-state index in [0.29, 0.717) is 32.4 Å². The van der Waals surface area contributed by atoms with E-state index in [-0.39, 0.29) is 0 Å². The van der Waals surface area contributed by atoms with Crippen LogP contribution in [-0.2, 0) is 11.3 Å². The van der Waals surface area contributed by atoms with Gasteiger partial charge in [-0.3, -0.25) is 4.99 Å². The number of hydrogen-bond acceptors (Lipinski definition) is 4. The van der Waals surface area contributed by atoms with Crippen LogP contribution in [0.3, 0.4) is 0 Å². The number of aryl methyl sites for hydroxylation is 1. The van der Waals surface area contributed by atoms with Gasteiger partial charge in [0, 0.05) is 38.3 Å². The van der Waals surface area contributed by atoms with Gasteiger partial charge in [-0.15, -0.1) is 0 Å². The third-order valence-corrected chi connectivity index (χ3v) is 4.69. The summed E-state index contributed by atoms with van der Waals surface area (Å²) >= 11 is 0. The monoisotopic (exact) mass is 392 g/mol. The Morgan fingerprint density at radius 2 is 1.96 bits per heavy atom. The molecule has 6 heteroatoms. The number of benzene rings is 1. The lowest BCUT2D eigenvalue weighted by Gasteiger charge is -2.20. The fourth-order valence-electron chi connectivity index (χ4n) is 2.65. The molecule has 160 valence electrons. The molecule has 0 bridgehead atoms. The molecule has 0 aliphatic carbocycles. The van der Waals surface area contributed by atoms with E-state index in [0.717, 1.165) is 36.8 Å². The number of aliphatic imine (C=N–C) groups is 1. The molecule has 0 aromatic heterocycles. The van der Waals surface area contributed by atoms with Gasteiger partial charge in [-0.2, -0.15) is 0 Å². The summed E-state index contributed by atoms with van der Waals surface area (Å²) in [6, 6.07) is 6.88. The number of hydrogen-bond donors (Lipinski definition) is 2. The number of guanidine groups is 1. The highest BCUT2D eigenvalue weighted by Gasteiger charge is 2.06. The number of unbranched alkanes of at least 4 members (excludes halogenated alkanes) is 1. The standard InChI is InChI=1S/C22H40N4O2/c1-7-27-14-15-28-21-16-19(4)10-11-20(21)17-25-22(23-5)24-12-8-9-13-26(6)18(2)3/h10-11,16,18H,7-9,12-15,17H2,1-6H3,(H2,23,24,25). The van der Waals surface area contributed by atoms with Gasteiger partial charge in [-0.1, -0.05) is 12.1 Å². The Hall–Kier alpha value is -1.79. The van der Waals surface area contributed by atoms with Crippen molar-refractivity contribution in [2.45, 2.75) is 53.1 Å². The van der Waals surface area contributed by atoms with Crippen LogP contribution in [0, 0.1) is 6.92 Å². The van der Waals surface area contributed by atoms with Crippen LogP contribution in [0.25, 0.3) is 0 Å². The second-order valence-electron chi connectivity index (χ2n) is 7.29. The third kappa shape index (κ3) is 9.95. The van der Waals surface area contributed by atoms with E-state index in [1.807, 2.05) is 6.92 Å². The van der Waals surface area contributed by atoms with E-state index in [1.54, 1.807) is 7.05 Å². The maximum atomic E-state index is 5.91. The van der Waals surface area contributed by atoms with Crippen LogP contribution in [-0.4, -0.2) is 63.9 Å². The van der Waals surface area contributed by atoms with Gasteiger partial charge in [0.1, 0.15) is 12.4 Å². The van der Waals surface area contributed by atoms with Gasteiger partial charge in [-0.05, 0) is 65.8 Å². The molecule has 0 unspecified atom stereocenters. The lowest BCUT2D eigenvalue weighted by Crippen LogP contribution is -2.37. The minimum atomic E-state index is 0.558. The van der Waals surface area contributed by atoms with Crippen LogP contribution in [0.4, 0.5) is 0 Å². The Labute approximate surface area is 171 Å². The van der Waals surface area contributed by atoms with Crippen molar-refractivity contribution < 1.29 is 9.47 Å². The van der Waals surface area contributed by atoms with Crippen LogP contribution in [0.15, 0.2) is 23.2 Å². The molecule has 0 saturated heterocycles. The highest BCUT2D eigenvalue weighted by atomic mass is 16.5. The predicted molar refractivity (Wildman–Crippen MR) is 118 cm³/mol. The fraction of sp³-hybridized carbons (Fsp3) is 0.682. The van der Waals surface area contributed by atoms with Gasteiger partial charge in [0.15, 0.2) is 5.96 Å². The molecule has 0 radical (unpaired) electrons. The molecular weight excluding hydrogens is 352 g/mol. The van der Waals surface area contributed by atoms with Crippen LogP contribution in [0.2, 0.25) is 0 Å². The largest absolute Gasteiger partial charge is 0.491 e. The van der Waals surface area contributed by atoms with E-state index in [4.69, 9.17) is 9.47 Å². The average Bonchev–Trinajstić information content (AvgIpc) is 2.68. The van der Waals surface area contributed by atoms with E-state index < -0.39 is 0 Å². The minimum absolute atomic E-state index is 0.558. The summed E-state index contributed by atoms with van der Waals surface area (Å²) in [6.45, 7) is 13.1. The van der Waals surface area contributed by atoms with Crippen LogP contribution < -0.4 is 15.4 Å². The molecule has 0 amide bonds. The molecule has 0 heterocycles.